The Hall–Kier alpha value is -1.30. The van der Waals surface area contributed by atoms with E-state index in [2.05, 4.69) is 54.9 Å². The Morgan fingerprint density at radius 1 is 1.16 bits per heavy atom. The van der Waals surface area contributed by atoms with E-state index in [4.69, 9.17) is 5.73 Å². The minimum absolute atomic E-state index is 0.421. The van der Waals surface area contributed by atoms with Gasteiger partial charge in [-0.3, -0.25) is 4.90 Å². The van der Waals surface area contributed by atoms with E-state index in [1.165, 1.54) is 24.8 Å². The molecule has 0 aliphatic carbocycles. The van der Waals surface area contributed by atoms with Crippen LogP contribution >= 0.6 is 0 Å². The molecule has 2 N–H and O–H groups in total. The minimum atomic E-state index is 0.421. The van der Waals surface area contributed by atoms with Crippen LogP contribution in [0.15, 0.2) is 24.3 Å². The van der Waals surface area contributed by atoms with Crippen molar-refractivity contribution in [2.45, 2.75) is 51.7 Å². The van der Waals surface area contributed by atoms with Crippen LogP contribution in [0, 0.1) is 11.8 Å². The van der Waals surface area contributed by atoms with Gasteiger partial charge in [0.05, 0.1) is 6.54 Å². The quantitative estimate of drug-likeness (QED) is 0.824. The first-order valence-electron chi connectivity index (χ1n) is 7.24. The molecule has 102 valence electrons. The van der Waals surface area contributed by atoms with Crippen molar-refractivity contribution < 1.29 is 0 Å². The highest BCUT2D eigenvalue weighted by molar-refractivity contribution is 5.36. The van der Waals surface area contributed by atoms with Gasteiger partial charge in [-0.05, 0) is 44.4 Å². The smallest absolute Gasteiger partial charge is 0.0555 e. The molecule has 19 heavy (non-hydrogen) atoms. The molecule has 2 nitrogen and oxygen atoms in total. The second kappa shape index (κ2) is 6.75. The van der Waals surface area contributed by atoms with Crippen LogP contribution in [-0.4, -0.2) is 23.5 Å². The van der Waals surface area contributed by atoms with Gasteiger partial charge in [0.25, 0.3) is 0 Å². The zero-order chi connectivity index (χ0) is 13.7. The molecule has 0 aromatic heterocycles. The molecule has 1 fully saturated rings. The molecular weight excluding hydrogens is 232 g/mol. The fraction of sp³-hybridized carbons (Fsp3) is 0.529. The van der Waals surface area contributed by atoms with Gasteiger partial charge in [0.15, 0.2) is 0 Å². The maximum absolute atomic E-state index is 5.38. The Morgan fingerprint density at radius 2 is 1.79 bits per heavy atom. The fourth-order valence-corrected chi connectivity index (χ4v) is 2.84. The Bertz CT molecular complexity index is 442. The maximum atomic E-state index is 5.38. The first kappa shape index (κ1) is 14.1. The third kappa shape index (κ3) is 3.83. The number of piperidine rings is 1. The van der Waals surface area contributed by atoms with Gasteiger partial charge in [-0.1, -0.05) is 30.4 Å². The van der Waals surface area contributed by atoms with Crippen LogP contribution in [0.3, 0.4) is 0 Å². The van der Waals surface area contributed by atoms with E-state index in [1.807, 2.05) is 0 Å². The molecule has 1 aromatic carbocycles. The largest absolute Gasteiger partial charge is 0.320 e. The Balaban J connectivity index is 2.02. The summed E-state index contributed by atoms with van der Waals surface area (Å²) in [6, 6.07) is 9.96. The van der Waals surface area contributed by atoms with E-state index in [0.29, 0.717) is 18.6 Å². The highest BCUT2D eigenvalue weighted by Gasteiger charge is 2.24. The molecule has 2 rings (SSSR count). The summed E-state index contributed by atoms with van der Waals surface area (Å²) < 4.78 is 0. The second-order valence-corrected chi connectivity index (χ2v) is 5.50. The SMILES string of the molecule is CC1CCCC(C)N1Cc1ccc(C#CCN)cc1. The lowest BCUT2D eigenvalue weighted by atomic mass is 9.96. The van der Waals surface area contributed by atoms with Gasteiger partial charge >= 0.3 is 0 Å². The molecule has 0 amide bonds. The summed E-state index contributed by atoms with van der Waals surface area (Å²) in [6.07, 6.45) is 4.02. The van der Waals surface area contributed by atoms with Crippen LogP contribution < -0.4 is 5.73 Å². The van der Waals surface area contributed by atoms with Crippen molar-refractivity contribution in [1.82, 2.24) is 4.90 Å². The standard InChI is InChI=1S/C17H24N2/c1-14-5-3-6-15(2)19(14)13-17-10-8-16(9-11-17)7-4-12-18/h8-11,14-15H,3,5-6,12-13,18H2,1-2H3. The predicted octanol–water partition coefficient (Wildman–Crippen LogP) is 2.76. The summed E-state index contributed by atoms with van der Waals surface area (Å²) in [5.41, 5.74) is 7.80. The molecule has 0 bridgehead atoms. The lowest BCUT2D eigenvalue weighted by molar-refractivity contribution is 0.0953. The van der Waals surface area contributed by atoms with Gasteiger partial charge in [-0.15, -0.1) is 0 Å². The molecule has 0 radical (unpaired) electrons. The van der Waals surface area contributed by atoms with Crippen molar-refractivity contribution in [3.05, 3.63) is 35.4 Å². The fourth-order valence-electron chi connectivity index (χ4n) is 2.84. The molecule has 1 aliphatic rings. The zero-order valence-electron chi connectivity index (χ0n) is 12.0. The first-order valence-corrected chi connectivity index (χ1v) is 7.24. The number of hydrogen-bond acceptors (Lipinski definition) is 2. The third-order valence-electron chi connectivity index (χ3n) is 4.03. The third-order valence-corrected chi connectivity index (χ3v) is 4.03. The number of likely N-dealkylation sites (tertiary alicyclic amines) is 1. The normalized spacial score (nSPS) is 23.7. The van der Waals surface area contributed by atoms with E-state index in [1.54, 1.807) is 0 Å². The molecule has 2 unspecified atom stereocenters. The summed E-state index contributed by atoms with van der Waals surface area (Å²) >= 11 is 0. The highest BCUT2D eigenvalue weighted by atomic mass is 15.2. The minimum Gasteiger partial charge on any atom is -0.320 e. The lowest BCUT2D eigenvalue weighted by Gasteiger charge is -2.39. The van der Waals surface area contributed by atoms with Crippen molar-refractivity contribution >= 4 is 0 Å². The van der Waals surface area contributed by atoms with Gasteiger partial charge in [0, 0.05) is 24.2 Å². The van der Waals surface area contributed by atoms with Crippen LogP contribution in [-0.2, 0) is 6.54 Å². The average molecular weight is 256 g/mol. The number of rotatable bonds is 2. The van der Waals surface area contributed by atoms with Crippen molar-refractivity contribution in [1.29, 1.82) is 0 Å². The molecule has 1 aliphatic heterocycles. The predicted molar refractivity (Wildman–Crippen MR) is 80.7 cm³/mol. The van der Waals surface area contributed by atoms with Crippen LogP contribution in [0.2, 0.25) is 0 Å². The summed E-state index contributed by atoms with van der Waals surface area (Å²) in [5, 5.41) is 0. The molecule has 1 saturated heterocycles. The zero-order valence-corrected chi connectivity index (χ0v) is 12.0. The van der Waals surface area contributed by atoms with Gasteiger partial charge < -0.3 is 5.73 Å². The van der Waals surface area contributed by atoms with Gasteiger partial charge in [-0.2, -0.15) is 0 Å². The van der Waals surface area contributed by atoms with E-state index in [9.17, 15) is 0 Å². The van der Waals surface area contributed by atoms with Crippen LogP contribution in [0.4, 0.5) is 0 Å². The molecule has 0 saturated carbocycles. The molecule has 2 atom stereocenters. The second-order valence-electron chi connectivity index (χ2n) is 5.50. The Morgan fingerprint density at radius 3 is 2.37 bits per heavy atom. The van der Waals surface area contributed by atoms with Crippen molar-refractivity contribution in [3.63, 3.8) is 0 Å². The summed E-state index contributed by atoms with van der Waals surface area (Å²) in [4.78, 5) is 2.62. The summed E-state index contributed by atoms with van der Waals surface area (Å²) in [7, 11) is 0. The van der Waals surface area contributed by atoms with E-state index >= 15 is 0 Å². The number of nitrogens with zero attached hydrogens (tertiary/aromatic N) is 1. The van der Waals surface area contributed by atoms with E-state index in [0.717, 1.165) is 12.1 Å². The molecule has 0 spiro atoms. The Labute approximate surface area is 117 Å². The molecule has 1 aromatic rings. The molecule has 1 heterocycles. The van der Waals surface area contributed by atoms with Crippen molar-refractivity contribution in [2.75, 3.05) is 6.54 Å². The monoisotopic (exact) mass is 256 g/mol. The molecular formula is C17H24N2. The average Bonchev–Trinajstić information content (AvgIpc) is 2.42. The number of benzene rings is 1. The van der Waals surface area contributed by atoms with Crippen molar-refractivity contribution in [2.24, 2.45) is 5.73 Å². The van der Waals surface area contributed by atoms with Gasteiger partial charge in [0.1, 0.15) is 0 Å². The number of hydrogen-bond donors (Lipinski definition) is 1. The topological polar surface area (TPSA) is 29.3 Å². The molecule has 2 heteroatoms. The van der Waals surface area contributed by atoms with Crippen LogP contribution in [0.5, 0.6) is 0 Å². The lowest BCUT2D eigenvalue weighted by Crippen LogP contribution is -2.42. The Kier molecular flexibility index (Phi) is 5.01. The van der Waals surface area contributed by atoms with E-state index in [-0.39, 0.29) is 0 Å². The van der Waals surface area contributed by atoms with E-state index < -0.39 is 0 Å². The summed E-state index contributed by atoms with van der Waals surface area (Å²) in [5.74, 6) is 5.95. The first-order chi connectivity index (χ1) is 9.20. The highest BCUT2D eigenvalue weighted by Crippen LogP contribution is 2.24. The van der Waals surface area contributed by atoms with Gasteiger partial charge in [-0.25, -0.2) is 0 Å². The van der Waals surface area contributed by atoms with Crippen LogP contribution in [0.1, 0.15) is 44.2 Å². The number of nitrogens with two attached hydrogens (primary N) is 1. The summed E-state index contributed by atoms with van der Waals surface area (Å²) in [6.45, 7) is 6.16. The van der Waals surface area contributed by atoms with Crippen molar-refractivity contribution in [3.8, 4) is 11.8 Å². The van der Waals surface area contributed by atoms with Crippen LogP contribution in [0.25, 0.3) is 0 Å². The maximum Gasteiger partial charge on any atom is 0.0555 e. The van der Waals surface area contributed by atoms with Gasteiger partial charge in [0.2, 0.25) is 0 Å².